The molecule has 110 valence electrons. The Morgan fingerprint density at radius 3 is 2.43 bits per heavy atom. The van der Waals surface area contributed by atoms with Crippen molar-refractivity contribution in [3.05, 3.63) is 66.2 Å². The highest BCUT2D eigenvalue weighted by Gasteiger charge is 2.13. The molecular formula is C19H13N3O. The van der Waals surface area contributed by atoms with Crippen molar-refractivity contribution in [2.75, 3.05) is 0 Å². The molecule has 0 spiro atoms. The quantitative estimate of drug-likeness (QED) is 0.552. The molecule has 0 aliphatic rings. The SMILES string of the molecule is Cn1c(-c2ccc(-c3ccc(C#N)cc3)o2)nc2ccccc21. The number of nitriles is 1. The van der Waals surface area contributed by atoms with Gasteiger partial charge in [-0.25, -0.2) is 4.98 Å². The Morgan fingerprint density at radius 2 is 1.70 bits per heavy atom. The first kappa shape index (κ1) is 13.4. The first-order chi connectivity index (χ1) is 11.3. The molecule has 0 saturated heterocycles. The van der Waals surface area contributed by atoms with Gasteiger partial charge in [-0.3, -0.25) is 0 Å². The maximum Gasteiger partial charge on any atom is 0.177 e. The highest BCUT2D eigenvalue weighted by Crippen LogP contribution is 2.29. The second-order valence-corrected chi connectivity index (χ2v) is 5.34. The summed E-state index contributed by atoms with van der Waals surface area (Å²) in [6.45, 7) is 0. The van der Waals surface area contributed by atoms with Crippen LogP contribution >= 0.6 is 0 Å². The van der Waals surface area contributed by atoms with E-state index in [1.807, 2.05) is 60.1 Å². The Balaban J connectivity index is 1.77. The third-order valence-corrected chi connectivity index (χ3v) is 3.91. The molecule has 0 fully saturated rings. The van der Waals surface area contributed by atoms with Crippen LogP contribution in [0.1, 0.15) is 5.56 Å². The van der Waals surface area contributed by atoms with Gasteiger partial charge in [0, 0.05) is 12.6 Å². The molecular weight excluding hydrogens is 286 g/mol. The first-order valence-electron chi connectivity index (χ1n) is 7.28. The van der Waals surface area contributed by atoms with E-state index < -0.39 is 0 Å². The summed E-state index contributed by atoms with van der Waals surface area (Å²) in [4.78, 5) is 4.64. The van der Waals surface area contributed by atoms with Gasteiger partial charge in [0.2, 0.25) is 0 Å². The van der Waals surface area contributed by atoms with Crippen LogP contribution in [0.4, 0.5) is 0 Å². The van der Waals surface area contributed by atoms with Gasteiger partial charge < -0.3 is 8.98 Å². The minimum atomic E-state index is 0.635. The average Bonchev–Trinajstić information content (AvgIpc) is 3.20. The van der Waals surface area contributed by atoms with Crippen LogP contribution in [0, 0.1) is 11.3 Å². The lowest BCUT2D eigenvalue weighted by molar-refractivity contribution is 0.589. The van der Waals surface area contributed by atoms with E-state index >= 15 is 0 Å². The molecule has 0 radical (unpaired) electrons. The fourth-order valence-corrected chi connectivity index (χ4v) is 2.69. The molecule has 23 heavy (non-hydrogen) atoms. The van der Waals surface area contributed by atoms with E-state index in [0.29, 0.717) is 5.56 Å². The zero-order valence-electron chi connectivity index (χ0n) is 12.5. The number of aromatic nitrogens is 2. The van der Waals surface area contributed by atoms with Gasteiger partial charge in [0.1, 0.15) is 5.76 Å². The Hall–Kier alpha value is -3.32. The number of hydrogen-bond acceptors (Lipinski definition) is 3. The van der Waals surface area contributed by atoms with E-state index in [9.17, 15) is 0 Å². The smallest absolute Gasteiger partial charge is 0.177 e. The highest BCUT2D eigenvalue weighted by molar-refractivity contribution is 5.79. The van der Waals surface area contributed by atoms with Crippen molar-refractivity contribution < 1.29 is 4.42 Å². The molecule has 2 aromatic heterocycles. The molecule has 0 aliphatic heterocycles. The van der Waals surface area contributed by atoms with Crippen molar-refractivity contribution in [2.24, 2.45) is 7.05 Å². The van der Waals surface area contributed by atoms with E-state index in [2.05, 4.69) is 11.1 Å². The fourth-order valence-electron chi connectivity index (χ4n) is 2.69. The third-order valence-electron chi connectivity index (χ3n) is 3.91. The summed E-state index contributed by atoms with van der Waals surface area (Å²) in [7, 11) is 1.98. The molecule has 4 aromatic rings. The second-order valence-electron chi connectivity index (χ2n) is 5.34. The van der Waals surface area contributed by atoms with E-state index in [1.165, 1.54) is 0 Å². The van der Waals surface area contributed by atoms with E-state index in [-0.39, 0.29) is 0 Å². The van der Waals surface area contributed by atoms with Crippen LogP contribution in [0.15, 0.2) is 65.1 Å². The van der Waals surface area contributed by atoms with Gasteiger partial charge in [0.15, 0.2) is 11.6 Å². The molecule has 2 heterocycles. The largest absolute Gasteiger partial charge is 0.453 e. The first-order valence-corrected chi connectivity index (χ1v) is 7.28. The van der Waals surface area contributed by atoms with Crippen LogP contribution in [0.25, 0.3) is 33.9 Å². The van der Waals surface area contributed by atoms with Gasteiger partial charge in [-0.05, 0) is 48.5 Å². The predicted octanol–water partition coefficient (Wildman–Crippen LogP) is 4.37. The molecule has 0 aliphatic carbocycles. The Morgan fingerprint density at radius 1 is 0.957 bits per heavy atom. The Bertz CT molecular complexity index is 1030. The van der Waals surface area contributed by atoms with Crippen molar-refractivity contribution >= 4 is 11.0 Å². The lowest BCUT2D eigenvalue weighted by Crippen LogP contribution is -1.90. The maximum absolute atomic E-state index is 8.87. The number of aryl methyl sites for hydroxylation is 1. The molecule has 4 heteroatoms. The third kappa shape index (κ3) is 2.19. The number of para-hydroxylation sites is 2. The van der Waals surface area contributed by atoms with Crippen molar-refractivity contribution in [3.63, 3.8) is 0 Å². The zero-order valence-corrected chi connectivity index (χ0v) is 12.5. The number of imidazole rings is 1. The van der Waals surface area contributed by atoms with Gasteiger partial charge in [0.25, 0.3) is 0 Å². The lowest BCUT2D eigenvalue weighted by Gasteiger charge is -2.00. The van der Waals surface area contributed by atoms with Gasteiger partial charge >= 0.3 is 0 Å². The summed E-state index contributed by atoms with van der Waals surface area (Å²) in [6, 6.07) is 21.3. The summed E-state index contributed by atoms with van der Waals surface area (Å²) in [6.07, 6.45) is 0. The molecule has 0 bridgehead atoms. The van der Waals surface area contributed by atoms with Gasteiger partial charge in [-0.1, -0.05) is 12.1 Å². The van der Waals surface area contributed by atoms with Crippen molar-refractivity contribution in [1.29, 1.82) is 5.26 Å². The van der Waals surface area contributed by atoms with Crippen LogP contribution in [0.5, 0.6) is 0 Å². The van der Waals surface area contributed by atoms with E-state index in [0.717, 1.165) is 33.9 Å². The number of fused-ring (bicyclic) bond motifs is 1. The summed E-state index contributed by atoms with van der Waals surface area (Å²) < 4.78 is 8.00. The molecule has 0 amide bonds. The summed E-state index contributed by atoms with van der Waals surface area (Å²) in [5.74, 6) is 2.28. The molecule has 4 rings (SSSR count). The number of rotatable bonds is 2. The van der Waals surface area contributed by atoms with Gasteiger partial charge in [0.05, 0.1) is 22.7 Å². The predicted molar refractivity (Wildman–Crippen MR) is 88.6 cm³/mol. The summed E-state index contributed by atoms with van der Waals surface area (Å²) in [5.41, 5.74) is 3.59. The van der Waals surface area contributed by atoms with Crippen LogP contribution < -0.4 is 0 Å². The number of furan rings is 1. The van der Waals surface area contributed by atoms with E-state index in [4.69, 9.17) is 9.68 Å². The van der Waals surface area contributed by atoms with Crippen LogP contribution in [-0.2, 0) is 7.05 Å². The standard InChI is InChI=1S/C19H13N3O/c1-22-16-5-3-2-4-15(16)21-19(22)18-11-10-17(23-18)14-8-6-13(12-20)7-9-14/h2-11H,1H3. The number of hydrogen-bond donors (Lipinski definition) is 0. The maximum atomic E-state index is 8.87. The zero-order chi connectivity index (χ0) is 15.8. The Labute approximate surface area is 133 Å². The number of benzene rings is 2. The van der Waals surface area contributed by atoms with Crippen LogP contribution in [0.2, 0.25) is 0 Å². The molecule has 0 saturated carbocycles. The second kappa shape index (κ2) is 5.15. The summed E-state index contributed by atoms with van der Waals surface area (Å²) >= 11 is 0. The molecule has 0 unspecified atom stereocenters. The topological polar surface area (TPSA) is 54.8 Å². The van der Waals surface area contributed by atoms with Crippen molar-refractivity contribution in [1.82, 2.24) is 9.55 Å². The molecule has 2 aromatic carbocycles. The minimum absolute atomic E-state index is 0.635. The molecule has 4 nitrogen and oxygen atoms in total. The monoisotopic (exact) mass is 299 g/mol. The average molecular weight is 299 g/mol. The highest BCUT2D eigenvalue weighted by atomic mass is 16.3. The van der Waals surface area contributed by atoms with Gasteiger partial charge in [-0.2, -0.15) is 5.26 Å². The van der Waals surface area contributed by atoms with E-state index in [1.54, 1.807) is 12.1 Å². The van der Waals surface area contributed by atoms with Crippen LogP contribution in [0.3, 0.4) is 0 Å². The lowest BCUT2D eigenvalue weighted by atomic mass is 10.1. The number of nitrogens with zero attached hydrogens (tertiary/aromatic N) is 3. The minimum Gasteiger partial charge on any atom is -0.453 e. The van der Waals surface area contributed by atoms with Crippen molar-refractivity contribution in [2.45, 2.75) is 0 Å². The van der Waals surface area contributed by atoms with Crippen molar-refractivity contribution in [3.8, 4) is 29.0 Å². The Kier molecular flexibility index (Phi) is 2.99. The van der Waals surface area contributed by atoms with Gasteiger partial charge in [-0.15, -0.1) is 0 Å². The fraction of sp³-hybridized carbons (Fsp3) is 0.0526. The molecule has 0 atom stereocenters. The summed E-state index contributed by atoms with van der Waals surface area (Å²) in [5, 5.41) is 8.87. The van der Waals surface area contributed by atoms with Crippen LogP contribution in [-0.4, -0.2) is 9.55 Å². The molecule has 0 N–H and O–H groups in total. The normalized spacial score (nSPS) is 10.8.